The fourth-order valence-electron chi connectivity index (χ4n) is 12.5. The van der Waals surface area contributed by atoms with Crippen molar-refractivity contribution >= 4 is 98.2 Å². The molecule has 0 unspecified atom stereocenters. The fourth-order valence-corrected chi connectivity index (χ4v) is 12.9. The van der Waals surface area contributed by atoms with Crippen LogP contribution in [0.2, 0.25) is 0 Å². The fraction of sp³-hybridized carbons (Fsp3) is 0.308. The Morgan fingerprint density at radius 3 is 1.34 bits per heavy atom. The van der Waals surface area contributed by atoms with Gasteiger partial charge in [0.05, 0.1) is 34.5 Å². The van der Waals surface area contributed by atoms with Gasteiger partial charge in [0.1, 0.15) is 12.6 Å². The van der Waals surface area contributed by atoms with Gasteiger partial charge in [0.15, 0.2) is 11.3 Å². The first-order valence-corrected chi connectivity index (χ1v) is 35.3. The topological polar surface area (TPSA) is 295 Å². The Morgan fingerprint density at radius 1 is 0.520 bits per heavy atom. The van der Waals surface area contributed by atoms with Gasteiger partial charge in [-0.05, 0) is 166 Å². The third-order valence-electron chi connectivity index (χ3n) is 17.8. The molecule has 0 atom stereocenters. The molecule has 0 radical (unpaired) electrons. The van der Waals surface area contributed by atoms with Gasteiger partial charge in [0.2, 0.25) is 0 Å². The molecular weight excluding hydrogens is 1360 g/mol. The lowest BCUT2D eigenvalue weighted by Gasteiger charge is -2.26. The molecular formula is C78H86BBrN12O10. The smallest absolute Gasteiger partial charge is 0.423 e. The highest BCUT2D eigenvalue weighted by Gasteiger charge is 2.26. The second-order valence-electron chi connectivity index (χ2n) is 25.1. The molecule has 12 rings (SSSR count). The number of pyridine rings is 2. The van der Waals surface area contributed by atoms with Crippen molar-refractivity contribution in [2.75, 3.05) is 37.1 Å². The molecule has 0 aliphatic carbocycles. The normalized spacial score (nSPS) is 13.0. The summed E-state index contributed by atoms with van der Waals surface area (Å²) in [6, 6.07) is 40.1. The Hall–Kier alpha value is -10.2. The molecule has 8 N–H and O–H groups in total. The summed E-state index contributed by atoms with van der Waals surface area (Å²) in [6.07, 6.45) is 10.2. The molecule has 2 fully saturated rings. The number of aromatic nitrogens is 6. The van der Waals surface area contributed by atoms with Crippen LogP contribution in [0, 0.1) is 13.8 Å². The van der Waals surface area contributed by atoms with E-state index in [0.717, 1.165) is 146 Å². The van der Waals surface area contributed by atoms with Crippen molar-refractivity contribution in [1.82, 2.24) is 50.8 Å². The van der Waals surface area contributed by atoms with E-state index in [4.69, 9.17) is 29.5 Å². The number of nitrogens with zero attached hydrogens (tertiary/aromatic N) is 6. The van der Waals surface area contributed by atoms with Crippen molar-refractivity contribution < 1.29 is 48.3 Å². The average Bonchev–Trinajstić information content (AvgIpc) is 1.58. The first kappa shape index (κ1) is 74.5. The van der Waals surface area contributed by atoms with Crippen LogP contribution in [-0.2, 0) is 61.6 Å². The summed E-state index contributed by atoms with van der Waals surface area (Å²) in [6.45, 7) is 17.6. The van der Waals surface area contributed by atoms with Gasteiger partial charge in [-0.2, -0.15) is 10.2 Å². The van der Waals surface area contributed by atoms with Crippen LogP contribution in [0.4, 0.5) is 11.4 Å². The standard InChI is InChI=1S/C39H42N6O4.C32H37BrN6O3.C7H7BO3/c1-4-35-33(36(43-32-12-14-49-15-13-32)34-23-42-45(5-2)37(34)44-35)22-41-39(48)31-17-25(3)16-30(20-31)38(47)40-21-26-8-6-10-28(18-26)29-11-7-9-27(19-29)24-46;1-4-28-26(29(37-25-9-11-42-12-10-25)27-19-36-39(5-2)30(27)38-28)18-35-32(41)23-14-20(3)13-22(16-23)31(40)34-17-21-7-6-8-24(33)15-21;9-5-6-2-1-3-7(4-6)8(10)11/h6-11,16-20,23-24,32H,4-5,12-15,21-22H2,1-3H3,(H,40,47)(H,41,48)(H,43,44);6-8,13-16,19,25H,4-5,9-12,17-18H2,1-3H3,(H,34,40)(H,35,41)(H,37,38);1-5,10-11H. The zero-order valence-corrected chi connectivity index (χ0v) is 59.9. The zero-order valence-electron chi connectivity index (χ0n) is 58.3. The molecule has 10 aromatic rings. The Labute approximate surface area is 602 Å². The Kier molecular flexibility index (Phi) is 26.2. The van der Waals surface area contributed by atoms with Gasteiger partial charge >= 0.3 is 7.12 Å². The Morgan fingerprint density at radius 2 is 0.922 bits per heavy atom. The average molecular weight is 1440 g/mol. The van der Waals surface area contributed by atoms with E-state index in [1.54, 1.807) is 54.6 Å². The molecule has 4 amide bonds. The number of halogens is 1. The highest BCUT2D eigenvalue weighted by molar-refractivity contribution is 9.10. The first-order valence-electron chi connectivity index (χ1n) is 34.6. The predicted molar refractivity (Wildman–Crippen MR) is 400 cm³/mol. The molecule has 0 spiro atoms. The summed E-state index contributed by atoms with van der Waals surface area (Å²) in [4.78, 5) is 84.8. The number of benzene rings is 6. The highest BCUT2D eigenvalue weighted by Crippen LogP contribution is 2.34. The van der Waals surface area contributed by atoms with Crippen LogP contribution in [-0.4, -0.2) is 121 Å². The second kappa shape index (κ2) is 35.9. The number of carbonyl (C=O) groups is 6. The lowest BCUT2D eigenvalue weighted by Crippen LogP contribution is -2.30. The third kappa shape index (κ3) is 19.2. The van der Waals surface area contributed by atoms with Crippen LogP contribution < -0.4 is 37.4 Å². The van der Waals surface area contributed by atoms with E-state index < -0.39 is 7.12 Å². The van der Waals surface area contributed by atoms with Crippen molar-refractivity contribution in [3.63, 3.8) is 0 Å². The van der Waals surface area contributed by atoms with Crippen LogP contribution >= 0.6 is 15.9 Å². The molecule has 0 saturated carbocycles. The quantitative estimate of drug-likeness (QED) is 0.0206. The molecule has 6 aromatic carbocycles. The molecule has 4 aromatic heterocycles. The minimum atomic E-state index is -1.50. The van der Waals surface area contributed by atoms with Gasteiger partial charge < -0.3 is 51.4 Å². The Bertz CT molecular complexity index is 4640. The summed E-state index contributed by atoms with van der Waals surface area (Å²) in [5.74, 6) is -1.02. The number of nitrogens with one attached hydrogen (secondary N) is 6. The van der Waals surface area contributed by atoms with Crippen molar-refractivity contribution in [3.05, 3.63) is 228 Å². The van der Waals surface area contributed by atoms with E-state index in [9.17, 15) is 28.8 Å². The van der Waals surface area contributed by atoms with Crippen LogP contribution in [0.1, 0.15) is 160 Å². The van der Waals surface area contributed by atoms with Crippen molar-refractivity contribution in [1.29, 1.82) is 0 Å². The molecule has 2 aliphatic heterocycles. The Balaban J connectivity index is 0.000000192. The van der Waals surface area contributed by atoms with Gasteiger partial charge in [-0.1, -0.05) is 103 Å². The number of hydrogen-bond donors (Lipinski definition) is 8. The van der Waals surface area contributed by atoms with E-state index in [2.05, 4.69) is 78.8 Å². The van der Waals surface area contributed by atoms with Crippen molar-refractivity contribution in [2.24, 2.45) is 0 Å². The number of aryl methyl sites for hydroxylation is 6. The maximum Gasteiger partial charge on any atom is 0.488 e. The molecule has 22 nitrogen and oxygen atoms in total. The third-order valence-corrected chi connectivity index (χ3v) is 18.3. The summed E-state index contributed by atoms with van der Waals surface area (Å²) < 4.78 is 15.9. The molecule has 528 valence electrons. The van der Waals surface area contributed by atoms with Gasteiger partial charge in [-0.25, -0.2) is 19.3 Å². The largest absolute Gasteiger partial charge is 0.488 e. The summed E-state index contributed by atoms with van der Waals surface area (Å²) in [7, 11) is -1.50. The molecule has 0 bridgehead atoms. The van der Waals surface area contributed by atoms with Gasteiger partial charge in [-0.3, -0.25) is 28.8 Å². The number of ether oxygens (including phenoxy) is 2. The van der Waals surface area contributed by atoms with E-state index in [1.165, 1.54) is 12.1 Å². The van der Waals surface area contributed by atoms with Crippen molar-refractivity contribution in [3.8, 4) is 11.1 Å². The SMILES string of the molecule is CCc1nc2c(cnn2CC)c(NC2CCOCC2)c1CNC(=O)c1cc(C)cc(C(=O)NCc2cccc(-c3cccc(C=O)c3)c2)c1.CCc1nc2c(cnn2CC)c(NC2CCOCC2)c1CNC(=O)c1cc(C)cc(C(=O)NCc2cccc(Br)c2)c1.O=Cc1cccc(B(O)O)c1. The lowest BCUT2D eigenvalue weighted by atomic mass is 9.80. The minimum absolute atomic E-state index is 0.230. The molecule has 2 saturated heterocycles. The van der Waals surface area contributed by atoms with Gasteiger partial charge in [0.25, 0.3) is 23.6 Å². The maximum absolute atomic E-state index is 13.6. The van der Waals surface area contributed by atoms with Gasteiger partial charge in [0, 0.05) is 138 Å². The zero-order chi connectivity index (χ0) is 72.2. The molecule has 2 aliphatic rings. The monoisotopic (exact) mass is 1440 g/mol. The van der Waals surface area contributed by atoms with Crippen molar-refractivity contribution in [2.45, 2.75) is 131 Å². The number of fused-ring (bicyclic) bond motifs is 2. The predicted octanol–water partition coefficient (Wildman–Crippen LogP) is 11.0. The van der Waals surface area contributed by atoms with Crippen LogP contribution in [0.15, 0.2) is 150 Å². The van der Waals surface area contributed by atoms with Gasteiger partial charge in [-0.15, -0.1) is 0 Å². The van der Waals surface area contributed by atoms with Crippen LogP contribution in [0.3, 0.4) is 0 Å². The number of rotatable bonds is 24. The first-order chi connectivity index (χ1) is 49.5. The number of anilines is 2. The maximum atomic E-state index is 13.6. The second-order valence-corrected chi connectivity index (χ2v) is 26.0. The number of carbonyl (C=O) groups excluding carboxylic acids is 6. The summed E-state index contributed by atoms with van der Waals surface area (Å²) in [5, 5.41) is 48.1. The van der Waals surface area contributed by atoms with E-state index in [-0.39, 0.29) is 42.3 Å². The lowest BCUT2D eigenvalue weighted by molar-refractivity contribution is 0.0903. The van der Waals surface area contributed by atoms with Crippen LogP contribution in [0.25, 0.3) is 33.2 Å². The number of amides is 4. The molecule has 24 heteroatoms. The van der Waals surface area contributed by atoms with Crippen LogP contribution in [0.5, 0.6) is 0 Å². The minimum Gasteiger partial charge on any atom is -0.423 e. The highest BCUT2D eigenvalue weighted by atomic mass is 79.9. The van der Waals surface area contributed by atoms with E-state index in [1.807, 2.05) is 109 Å². The number of aldehydes is 2. The van der Waals surface area contributed by atoms with E-state index >= 15 is 0 Å². The molecule has 102 heavy (non-hydrogen) atoms. The number of hydrogen-bond acceptors (Lipinski definition) is 16. The summed E-state index contributed by atoms with van der Waals surface area (Å²) in [5.41, 5.74) is 15.8. The summed E-state index contributed by atoms with van der Waals surface area (Å²) >= 11 is 3.46. The van der Waals surface area contributed by atoms with E-state index in [0.29, 0.717) is 97.4 Å². The molecule has 6 heterocycles.